The van der Waals surface area contributed by atoms with Gasteiger partial charge in [-0.05, 0) is 37.7 Å². The lowest BCUT2D eigenvalue weighted by Crippen LogP contribution is -2.30. The van der Waals surface area contributed by atoms with Gasteiger partial charge in [-0.15, -0.1) is 0 Å². The molecule has 104 valence electrons. The van der Waals surface area contributed by atoms with Gasteiger partial charge in [-0.2, -0.15) is 0 Å². The number of pyridine rings is 1. The minimum atomic E-state index is -0.580. The Hall–Kier alpha value is -1.65. The predicted octanol–water partition coefficient (Wildman–Crippen LogP) is 2.57. The number of anilines is 1. The van der Waals surface area contributed by atoms with Crippen LogP contribution in [-0.4, -0.2) is 24.0 Å². The molecule has 19 heavy (non-hydrogen) atoms. The Morgan fingerprint density at radius 2 is 2.21 bits per heavy atom. The van der Waals surface area contributed by atoms with E-state index < -0.39 is 5.82 Å². The van der Waals surface area contributed by atoms with E-state index >= 15 is 0 Å². The first-order chi connectivity index (χ1) is 9.12. The molecule has 1 aromatic rings. The van der Waals surface area contributed by atoms with Crippen molar-refractivity contribution in [1.29, 1.82) is 0 Å². The molecule has 1 aromatic heterocycles. The molecule has 0 spiro atoms. The molecular weight excluding hydrogens is 245 g/mol. The average molecular weight is 265 g/mol. The van der Waals surface area contributed by atoms with Crippen molar-refractivity contribution in [1.82, 2.24) is 10.3 Å². The molecule has 2 N–H and O–H groups in total. The molecule has 0 saturated heterocycles. The summed E-state index contributed by atoms with van der Waals surface area (Å²) >= 11 is 0. The van der Waals surface area contributed by atoms with Gasteiger partial charge in [-0.1, -0.05) is 6.92 Å². The van der Waals surface area contributed by atoms with Crippen LogP contribution in [0, 0.1) is 11.2 Å². The fraction of sp³-hybridized carbons (Fsp3) is 0.571. The van der Waals surface area contributed by atoms with E-state index in [9.17, 15) is 9.18 Å². The molecule has 0 atom stereocenters. The Balaban J connectivity index is 2.04. The number of nitrogens with zero attached hydrogens (tertiary/aromatic N) is 1. The van der Waals surface area contributed by atoms with Crippen molar-refractivity contribution in [2.45, 2.75) is 33.1 Å². The van der Waals surface area contributed by atoms with Crippen molar-refractivity contribution in [3.05, 3.63) is 23.6 Å². The van der Waals surface area contributed by atoms with Crippen molar-refractivity contribution >= 4 is 11.7 Å². The highest BCUT2D eigenvalue weighted by atomic mass is 19.1. The number of aromatic nitrogens is 1. The third-order valence-corrected chi connectivity index (χ3v) is 3.81. The first-order valence-corrected chi connectivity index (χ1v) is 6.78. The number of nitrogens with one attached hydrogen (secondary N) is 2. The summed E-state index contributed by atoms with van der Waals surface area (Å²) in [7, 11) is 0. The summed E-state index contributed by atoms with van der Waals surface area (Å²) in [5.41, 5.74) is 0.307. The standard InChI is InChI=1S/C14H20FN3O/c1-3-14(6-7-14)9-18-13(19)10-5-8-17-12(11(10)15)16-4-2/h5,8H,3-4,6-7,9H2,1-2H3,(H,16,17)(H,18,19). The molecule has 1 fully saturated rings. The quantitative estimate of drug-likeness (QED) is 0.831. The van der Waals surface area contributed by atoms with Gasteiger partial charge in [0.15, 0.2) is 11.6 Å². The number of amides is 1. The largest absolute Gasteiger partial charge is 0.368 e. The van der Waals surface area contributed by atoms with Gasteiger partial charge < -0.3 is 10.6 Å². The van der Waals surface area contributed by atoms with Crippen LogP contribution in [0.4, 0.5) is 10.2 Å². The maximum absolute atomic E-state index is 14.0. The second-order valence-electron chi connectivity index (χ2n) is 5.09. The van der Waals surface area contributed by atoms with Gasteiger partial charge in [-0.25, -0.2) is 9.37 Å². The lowest BCUT2D eigenvalue weighted by molar-refractivity contribution is 0.0940. The summed E-state index contributed by atoms with van der Waals surface area (Å²) in [4.78, 5) is 15.9. The first-order valence-electron chi connectivity index (χ1n) is 6.78. The zero-order valence-corrected chi connectivity index (χ0v) is 11.4. The van der Waals surface area contributed by atoms with Crippen LogP contribution in [0.25, 0.3) is 0 Å². The first kappa shape index (κ1) is 13.8. The average Bonchev–Trinajstić information content (AvgIpc) is 3.19. The van der Waals surface area contributed by atoms with E-state index in [1.54, 1.807) is 0 Å². The second kappa shape index (κ2) is 5.55. The zero-order valence-electron chi connectivity index (χ0n) is 11.4. The Morgan fingerprint density at radius 3 is 2.79 bits per heavy atom. The highest BCUT2D eigenvalue weighted by Crippen LogP contribution is 2.47. The molecular formula is C14H20FN3O. The van der Waals surface area contributed by atoms with Crippen LogP contribution in [0.15, 0.2) is 12.3 Å². The fourth-order valence-corrected chi connectivity index (χ4v) is 2.10. The van der Waals surface area contributed by atoms with Crippen molar-refractivity contribution in [3.63, 3.8) is 0 Å². The second-order valence-corrected chi connectivity index (χ2v) is 5.09. The van der Waals surface area contributed by atoms with Crippen molar-refractivity contribution in [2.75, 3.05) is 18.4 Å². The lowest BCUT2D eigenvalue weighted by atomic mass is 10.0. The number of halogens is 1. The van der Waals surface area contributed by atoms with Crippen LogP contribution in [0.3, 0.4) is 0 Å². The summed E-state index contributed by atoms with van der Waals surface area (Å²) in [6, 6.07) is 1.41. The van der Waals surface area contributed by atoms with E-state index in [1.165, 1.54) is 12.3 Å². The van der Waals surface area contributed by atoms with E-state index in [2.05, 4.69) is 22.5 Å². The number of rotatable bonds is 6. The Kier molecular flexibility index (Phi) is 4.02. The summed E-state index contributed by atoms with van der Waals surface area (Å²) in [6.07, 6.45) is 4.79. The van der Waals surface area contributed by atoms with E-state index in [0.717, 1.165) is 19.3 Å². The van der Waals surface area contributed by atoms with Crippen LogP contribution >= 0.6 is 0 Å². The van der Waals surface area contributed by atoms with Crippen LogP contribution in [0.2, 0.25) is 0 Å². The van der Waals surface area contributed by atoms with Crippen LogP contribution < -0.4 is 10.6 Å². The third-order valence-electron chi connectivity index (χ3n) is 3.81. The fourth-order valence-electron chi connectivity index (χ4n) is 2.10. The van der Waals surface area contributed by atoms with Gasteiger partial charge in [0.05, 0.1) is 5.56 Å². The maximum atomic E-state index is 14.0. The minimum Gasteiger partial charge on any atom is -0.368 e. The molecule has 5 heteroatoms. The van der Waals surface area contributed by atoms with Gasteiger partial charge in [0.25, 0.3) is 5.91 Å². The number of hydrogen-bond donors (Lipinski definition) is 2. The molecule has 0 bridgehead atoms. The van der Waals surface area contributed by atoms with Gasteiger partial charge in [0.2, 0.25) is 0 Å². The maximum Gasteiger partial charge on any atom is 0.254 e. The van der Waals surface area contributed by atoms with Gasteiger partial charge in [0, 0.05) is 19.3 Å². The van der Waals surface area contributed by atoms with Crippen molar-refractivity contribution < 1.29 is 9.18 Å². The number of carbonyl (C=O) groups excluding carboxylic acids is 1. The highest BCUT2D eigenvalue weighted by molar-refractivity contribution is 5.95. The molecule has 1 saturated carbocycles. The molecule has 0 unspecified atom stereocenters. The highest BCUT2D eigenvalue weighted by Gasteiger charge is 2.40. The van der Waals surface area contributed by atoms with Gasteiger partial charge >= 0.3 is 0 Å². The minimum absolute atomic E-state index is 0.0536. The van der Waals surface area contributed by atoms with Crippen LogP contribution in [0.5, 0.6) is 0 Å². The molecule has 1 aliphatic carbocycles. The lowest BCUT2D eigenvalue weighted by Gasteiger charge is -2.14. The molecule has 4 nitrogen and oxygen atoms in total. The monoisotopic (exact) mass is 265 g/mol. The summed E-state index contributed by atoms with van der Waals surface area (Å²) in [5, 5.41) is 5.63. The molecule has 0 aliphatic heterocycles. The predicted molar refractivity (Wildman–Crippen MR) is 72.6 cm³/mol. The number of hydrogen-bond acceptors (Lipinski definition) is 3. The normalized spacial score (nSPS) is 15.9. The zero-order chi connectivity index (χ0) is 13.9. The smallest absolute Gasteiger partial charge is 0.254 e. The van der Waals surface area contributed by atoms with Gasteiger partial charge in [-0.3, -0.25) is 4.79 Å². The topological polar surface area (TPSA) is 54.0 Å². The Bertz CT molecular complexity index is 472. The van der Waals surface area contributed by atoms with E-state index in [0.29, 0.717) is 13.1 Å². The van der Waals surface area contributed by atoms with Crippen LogP contribution in [0.1, 0.15) is 43.5 Å². The molecule has 1 heterocycles. The summed E-state index contributed by atoms with van der Waals surface area (Å²) < 4.78 is 14.0. The van der Waals surface area contributed by atoms with Crippen LogP contribution in [-0.2, 0) is 0 Å². The number of carbonyl (C=O) groups is 1. The summed E-state index contributed by atoms with van der Waals surface area (Å²) in [6.45, 7) is 5.16. The van der Waals surface area contributed by atoms with Gasteiger partial charge in [0.1, 0.15) is 0 Å². The van der Waals surface area contributed by atoms with Crippen molar-refractivity contribution in [2.24, 2.45) is 5.41 Å². The van der Waals surface area contributed by atoms with E-state index in [-0.39, 0.29) is 22.7 Å². The summed E-state index contributed by atoms with van der Waals surface area (Å²) in [5.74, 6) is -0.811. The molecule has 0 aromatic carbocycles. The van der Waals surface area contributed by atoms with E-state index in [1.807, 2.05) is 6.92 Å². The molecule has 1 amide bonds. The third kappa shape index (κ3) is 3.03. The molecule has 2 rings (SSSR count). The van der Waals surface area contributed by atoms with Crippen molar-refractivity contribution in [3.8, 4) is 0 Å². The van der Waals surface area contributed by atoms with E-state index in [4.69, 9.17) is 0 Å². The molecule has 1 aliphatic rings. The Labute approximate surface area is 112 Å². The SMILES string of the molecule is CCNc1nccc(C(=O)NCC2(CC)CC2)c1F. The molecule has 0 radical (unpaired) electrons. The Morgan fingerprint density at radius 1 is 1.47 bits per heavy atom.